The number of hydrogen-bond donors (Lipinski definition) is 2. The predicted molar refractivity (Wildman–Crippen MR) is 64.9 cm³/mol. The molecule has 0 spiro atoms. The number of hydrogen-bond acceptors (Lipinski definition) is 5. The summed E-state index contributed by atoms with van der Waals surface area (Å²) in [5.41, 5.74) is -0.624. The topological polar surface area (TPSA) is 105 Å². The zero-order chi connectivity index (χ0) is 13.2. The van der Waals surface area contributed by atoms with Crippen LogP contribution in [0.5, 0.6) is 0 Å². The number of nitrogens with zero attached hydrogens (tertiary/aromatic N) is 2. The third-order valence-electron chi connectivity index (χ3n) is 1.95. The van der Waals surface area contributed by atoms with Crippen molar-refractivity contribution in [3.05, 3.63) is 46.2 Å². The van der Waals surface area contributed by atoms with Crippen molar-refractivity contribution < 1.29 is 8.42 Å². The van der Waals surface area contributed by atoms with E-state index in [1.165, 1.54) is 12.3 Å². The van der Waals surface area contributed by atoms with E-state index < -0.39 is 20.3 Å². The zero-order valence-electron chi connectivity index (χ0n) is 8.79. The maximum Gasteiger partial charge on any atom is 0.268 e. The number of anilines is 1. The summed E-state index contributed by atoms with van der Waals surface area (Å²) in [6, 6.07) is 2.34. The van der Waals surface area contributed by atoms with Gasteiger partial charge in [-0.15, -0.1) is 0 Å². The van der Waals surface area contributed by atoms with Crippen molar-refractivity contribution in [1.82, 2.24) is 15.0 Å². The van der Waals surface area contributed by atoms with Crippen molar-refractivity contribution in [1.29, 1.82) is 0 Å². The summed E-state index contributed by atoms with van der Waals surface area (Å²) in [7, 11) is -4.00. The fraction of sp³-hybridized carbons (Fsp3) is 0. The minimum Gasteiger partial charge on any atom is -0.366 e. The molecular formula is C9H7ClN4O3S. The molecule has 94 valence electrons. The summed E-state index contributed by atoms with van der Waals surface area (Å²) in [6.07, 6.45) is 3.53. The summed E-state index contributed by atoms with van der Waals surface area (Å²) in [5, 5.41) is 0.0877. The van der Waals surface area contributed by atoms with Crippen molar-refractivity contribution in [2.75, 3.05) is 4.72 Å². The van der Waals surface area contributed by atoms with E-state index in [1.54, 1.807) is 0 Å². The highest BCUT2D eigenvalue weighted by Gasteiger charge is 2.18. The third kappa shape index (κ3) is 2.66. The van der Waals surface area contributed by atoms with Gasteiger partial charge in [0.15, 0.2) is 4.90 Å². The molecule has 0 amide bonds. The largest absolute Gasteiger partial charge is 0.366 e. The second-order valence-corrected chi connectivity index (χ2v) is 5.24. The second-order valence-electron chi connectivity index (χ2n) is 3.20. The highest BCUT2D eigenvalue weighted by atomic mass is 35.5. The number of pyridine rings is 1. The Bertz CT molecular complexity index is 728. The quantitative estimate of drug-likeness (QED) is 0.805. The number of aromatic amines is 1. The lowest BCUT2D eigenvalue weighted by atomic mass is 10.5. The van der Waals surface area contributed by atoms with Crippen LogP contribution >= 0.6 is 11.6 Å². The van der Waals surface area contributed by atoms with Gasteiger partial charge in [0.25, 0.3) is 10.0 Å². The summed E-state index contributed by atoms with van der Waals surface area (Å²) in [4.78, 5) is 20.8. The van der Waals surface area contributed by atoms with Gasteiger partial charge in [0, 0.05) is 24.5 Å². The van der Waals surface area contributed by atoms with Crippen LogP contribution in [0.2, 0.25) is 5.15 Å². The molecule has 2 heterocycles. The number of halogens is 1. The normalized spacial score (nSPS) is 11.2. The molecule has 0 aliphatic rings. The number of nitrogens with one attached hydrogen (secondary N) is 2. The zero-order valence-corrected chi connectivity index (χ0v) is 10.4. The molecule has 2 rings (SSSR count). The fourth-order valence-corrected chi connectivity index (χ4v) is 2.39. The van der Waals surface area contributed by atoms with Gasteiger partial charge in [0.05, 0.1) is 0 Å². The molecule has 0 bridgehead atoms. The SMILES string of the molecule is O=c1cc[nH]cc1S(=O)(=O)Nc1cc(Cl)ncn1. The van der Waals surface area contributed by atoms with Crippen LogP contribution in [0.3, 0.4) is 0 Å². The molecular weight excluding hydrogens is 280 g/mol. The highest BCUT2D eigenvalue weighted by molar-refractivity contribution is 7.92. The molecule has 2 aromatic rings. The lowest BCUT2D eigenvalue weighted by Crippen LogP contribution is -2.21. The number of H-pyrrole nitrogens is 1. The second kappa shape index (κ2) is 4.75. The van der Waals surface area contributed by atoms with Gasteiger partial charge in [0.2, 0.25) is 5.43 Å². The Kier molecular flexibility index (Phi) is 3.30. The molecule has 0 atom stereocenters. The molecule has 2 N–H and O–H groups in total. The highest BCUT2D eigenvalue weighted by Crippen LogP contribution is 2.12. The van der Waals surface area contributed by atoms with Crippen LogP contribution in [0.1, 0.15) is 0 Å². The van der Waals surface area contributed by atoms with Crippen LogP contribution < -0.4 is 10.2 Å². The first-order chi connectivity index (χ1) is 8.49. The maximum absolute atomic E-state index is 11.9. The lowest BCUT2D eigenvalue weighted by molar-refractivity contribution is 0.600. The summed E-state index contributed by atoms with van der Waals surface area (Å²) in [5.74, 6) is -0.0155. The maximum atomic E-state index is 11.9. The Labute approximate surface area is 107 Å². The van der Waals surface area contributed by atoms with Crippen molar-refractivity contribution in [3.8, 4) is 0 Å². The molecule has 0 aromatic carbocycles. The molecule has 0 fully saturated rings. The molecule has 7 nitrogen and oxygen atoms in total. The van der Waals surface area contributed by atoms with Gasteiger partial charge in [-0.05, 0) is 0 Å². The molecule has 0 radical (unpaired) electrons. The van der Waals surface area contributed by atoms with Crippen LogP contribution in [0.25, 0.3) is 0 Å². The molecule has 9 heteroatoms. The predicted octanol–water partition coefficient (Wildman–Crippen LogP) is 0.619. The minimum absolute atomic E-state index is 0.0155. The molecule has 0 unspecified atom stereocenters. The van der Waals surface area contributed by atoms with Crippen molar-refractivity contribution in [3.63, 3.8) is 0 Å². The molecule has 0 saturated heterocycles. The fourth-order valence-electron chi connectivity index (χ4n) is 1.19. The Hall–Kier alpha value is -1.93. The van der Waals surface area contributed by atoms with E-state index in [0.717, 1.165) is 18.6 Å². The van der Waals surface area contributed by atoms with E-state index >= 15 is 0 Å². The van der Waals surface area contributed by atoms with Crippen LogP contribution in [-0.4, -0.2) is 23.4 Å². The van der Waals surface area contributed by atoms with Crippen LogP contribution in [0, 0.1) is 0 Å². The first kappa shape index (κ1) is 12.5. The van der Waals surface area contributed by atoms with Crippen molar-refractivity contribution in [2.45, 2.75) is 4.90 Å². The smallest absolute Gasteiger partial charge is 0.268 e. The van der Waals surface area contributed by atoms with E-state index in [2.05, 4.69) is 19.7 Å². The third-order valence-corrected chi connectivity index (χ3v) is 3.53. The average Bonchev–Trinajstić information content (AvgIpc) is 2.28. The monoisotopic (exact) mass is 286 g/mol. The molecule has 2 aromatic heterocycles. The van der Waals surface area contributed by atoms with Crippen LogP contribution in [-0.2, 0) is 10.0 Å². The molecule has 0 saturated carbocycles. The summed E-state index contributed by atoms with van der Waals surface area (Å²) < 4.78 is 25.9. The Morgan fingerprint density at radius 2 is 2.11 bits per heavy atom. The summed E-state index contributed by atoms with van der Waals surface area (Å²) in [6.45, 7) is 0. The van der Waals surface area contributed by atoms with E-state index in [-0.39, 0.29) is 11.0 Å². The van der Waals surface area contributed by atoms with Crippen molar-refractivity contribution >= 4 is 27.4 Å². The number of sulfonamides is 1. The van der Waals surface area contributed by atoms with Gasteiger partial charge in [-0.2, -0.15) is 0 Å². The van der Waals surface area contributed by atoms with Gasteiger partial charge in [-0.1, -0.05) is 11.6 Å². The van der Waals surface area contributed by atoms with Crippen molar-refractivity contribution in [2.24, 2.45) is 0 Å². The minimum atomic E-state index is -4.00. The van der Waals surface area contributed by atoms with Gasteiger partial charge in [-0.3, -0.25) is 9.52 Å². The Balaban J connectivity index is 2.40. The van der Waals surface area contributed by atoms with E-state index in [1.807, 2.05) is 0 Å². The average molecular weight is 287 g/mol. The van der Waals surface area contributed by atoms with Gasteiger partial charge >= 0.3 is 0 Å². The Morgan fingerprint density at radius 3 is 2.78 bits per heavy atom. The Morgan fingerprint density at radius 1 is 1.33 bits per heavy atom. The van der Waals surface area contributed by atoms with Gasteiger partial charge < -0.3 is 4.98 Å². The summed E-state index contributed by atoms with van der Waals surface area (Å²) >= 11 is 5.60. The standard InChI is InChI=1S/C9H7ClN4O3S/c10-8-3-9(13-5-12-8)14-18(16,17)7-4-11-2-1-6(7)15/h1-5H,(H,11,15)(H,12,13,14). The number of rotatable bonds is 3. The van der Waals surface area contributed by atoms with Gasteiger partial charge in [-0.25, -0.2) is 18.4 Å². The van der Waals surface area contributed by atoms with E-state index in [4.69, 9.17) is 11.6 Å². The molecule has 0 aliphatic carbocycles. The van der Waals surface area contributed by atoms with Gasteiger partial charge in [0.1, 0.15) is 17.3 Å². The first-order valence-corrected chi connectivity index (χ1v) is 6.52. The first-order valence-electron chi connectivity index (χ1n) is 4.66. The van der Waals surface area contributed by atoms with Crippen LogP contribution in [0.4, 0.5) is 5.82 Å². The van der Waals surface area contributed by atoms with E-state index in [9.17, 15) is 13.2 Å². The lowest BCUT2D eigenvalue weighted by Gasteiger charge is -2.05. The molecule has 18 heavy (non-hydrogen) atoms. The van der Waals surface area contributed by atoms with E-state index in [0.29, 0.717) is 0 Å². The number of aromatic nitrogens is 3. The van der Waals surface area contributed by atoms with Crippen LogP contribution in [0.15, 0.2) is 40.5 Å². The molecule has 0 aliphatic heterocycles.